The van der Waals surface area contributed by atoms with Crippen LogP contribution in [0.4, 0.5) is 0 Å². The summed E-state index contributed by atoms with van der Waals surface area (Å²) < 4.78 is 5.67. The van der Waals surface area contributed by atoms with Gasteiger partial charge in [0.25, 0.3) is 0 Å². The average molecular weight is 208 g/mol. The summed E-state index contributed by atoms with van der Waals surface area (Å²) in [4.78, 5) is 0. The second-order valence-electron chi connectivity index (χ2n) is 3.86. The lowest BCUT2D eigenvalue weighted by Crippen LogP contribution is -2.07. The number of ether oxygens (including phenoxy) is 1. The Labute approximate surface area is 91.9 Å². The maximum atomic E-state index is 9.35. The van der Waals surface area contributed by atoms with Gasteiger partial charge in [-0.2, -0.15) is 0 Å². The number of rotatable bonds is 6. The van der Waals surface area contributed by atoms with E-state index < -0.39 is 0 Å². The normalized spacial score (nSPS) is 12.5. The summed E-state index contributed by atoms with van der Waals surface area (Å²) in [6, 6.07) is 7.92. The summed E-state index contributed by atoms with van der Waals surface area (Å²) in [7, 11) is 0. The van der Waals surface area contributed by atoms with Gasteiger partial charge in [0, 0.05) is 6.42 Å². The zero-order valence-electron chi connectivity index (χ0n) is 9.57. The summed E-state index contributed by atoms with van der Waals surface area (Å²) in [6.07, 6.45) is 2.55. The molecule has 15 heavy (non-hydrogen) atoms. The molecule has 1 rings (SSSR count). The van der Waals surface area contributed by atoms with E-state index in [1.54, 1.807) is 6.92 Å². The van der Waals surface area contributed by atoms with Crippen molar-refractivity contribution in [2.75, 3.05) is 6.61 Å². The molecule has 0 saturated heterocycles. The quantitative estimate of drug-likeness (QED) is 0.728. The Balaban J connectivity index is 2.60. The standard InChI is InChI=1S/C13H20O2/c1-3-4-9-15-13-8-6-5-7-12(13)10-11(2)14/h5-8,11,14H,3-4,9-10H2,1-2H3/t11-/m1/s1. The minimum absolute atomic E-state index is 0.319. The molecule has 1 atom stereocenters. The monoisotopic (exact) mass is 208 g/mol. The maximum Gasteiger partial charge on any atom is 0.122 e. The van der Waals surface area contributed by atoms with Crippen molar-refractivity contribution >= 4 is 0 Å². The maximum absolute atomic E-state index is 9.35. The van der Waals surface area contributed by atoms with E-state index >= 15 is 0 Å². The van der Waals surface area contributed by atoms with Crippen LogP contribution >= 0.6 is 0 Å². The Kier molecular flexibility index (Phi) is 5.19. The zero-order valence-corrected chi connectivity index (χ0v) is 9.57. The van der Waals surface area contributed by atoms with Crippen molar-refractivity contribution in [3.8, 4) is 5.75 Å². The lowest BCUT2D eigenvalue weighted by atomic mass is 10.1. The first-order chi connectivity index (χ1) is 7.24. The van der Waals surface area contributed by atoms with E-state index in [-0.39, 0.29) is 6.10 Å². The molecule has 0 bridgehead atoms. The lowest BCUT2D eigenvalue weighted by molar-refractivity contribution is 0.193. The molecule has 0 aromatic heterocycles. The third kappa shape index (κ3) is 4.34. The van der Waals surface area contributed by atoms with Crippen LogP contribution in [0.1, 0.15) is 32.3 Å². The van der Waals surface area contributed by atoms with Crippen LogP contribution in [-0.4, -0.2) is 17.8 Å². The fourth-order valence-electron chi connectivity index (χ4n) is 1.46. The second kappa shape index (κ2) is 6.46. The zero-order chi connectivity index (χ0) is 11.1. The van der Waals surface area contributed by atoms with Crippen LogP contribution < -0.4 is 4.74 Å². The fourth-order valence-corrected chi connectivity index (χ4v) is 1.46. The Bertz CT molecular complexity index is 282. The van der Waals surface area contributed by atoms with E-state index in [0.29, 0.717) is 6.42 Å². The van der Waals surface area contributed by atoms with Crippen molar-refractivity contribution in [3.05, 3.63) is 29.8 Å². The highest BCUT2D eigenvalue weighted by atomic mass is 16.5. The summed E-state index contributed by atoms with van der Waals surface area (Å²) in [5.41, 5.74) is 1.09. The molecule has 0 aliphatic rings. The molecule has 1 aromatic rings. The summed E-state index contributed by atoms with van der Waals surface area (Å²) in [5.74, 6) is 0.909. The fraction of sp³-hybridized carbons (Fsp3) is 0.538. The first-order valence-electron chi connectivity index (χ1n) is 5.62. The molecule has 1 aromatic carbocycles. The van der Waals surface area contributed by atoms with E-state index in [4.69, 9.17) is 4.74 Å². The summed E-state index contributed by atoms with van der Waals surface area (Å²) in [6.45, 7) is 4.70. The topological polar surface area (TPSA) is 29.5 Å². The van der Waals surface area contributed by atoms with E-state index in [2.05, 4.69) is 6.92 Å². The molecule has 0 heterocycles. The van der Waals surface area contributed by atoms with Crippen molar-refractivity contribution in [2.24, 2.45) is 0 Å². The van der Waals surface area contributed by atoms with Gasteiger partial charge < -0.3 is 9.84 Å². The minimum atomic E-state index is -0.319. The first-order valence-corrected chi connectivity index (χ1v) is 5.62. The van der Waals surface area contributed by atoms with Gasteiger partial charge in [0.1, 0.15) is 5.75 Å². The van der Waals surface area contributed by atoms with Crippen LogP contribution in [0.25, 0.3) is 0 Å². The van der Waals surface area contributed by atoms with Gasteiger partial charge in [-0.3, -0.25) is 0 Å². The number of para-hydroxylation sites is 1. The largest absolute Gasteiger partial charge is 0.493 e. The molecule has 1 N–H and O–H groups in total. The third-order valence-corrected chi connectivity index (χ3v) is 2.24. The summed E-state index contributed by atoms with van der Waals surface area (Å²) in [5, 5.41) is 9.35. The number of hydrogen-bond donors (Lipinski definition) is 1. The molecule has 0 aliphatic heterocycles. The molecule has 84 valence electrons. The highest BCUT2D eigenvalue weighted by molar-refractivity contribution is 5.33. The Morgan fingerprint density at radius 1 is 1.33 bits per heavy atom. The van der Waals surface area contributed by atoms with Gasteiger partial charge in [0.2, 0.25) is 0 Å². The van der Waals surface area contributed by atoms with E-state index in [1.807, 2.05) is 24.3 Å². The average Bonchev–Trinajstić information content (AvgIpc) is 2.20. The predicted molar refractivity (Wildman–Crippen MR) is 62.2 cm³/mol. The summed E-state index contributed by atoms with van der Waals surface area (Å²) >= 11 is 0. The molecule has 0 unspecified atom stereocenters. The van der Waals surface area contributed by atoms with E-state index in [9.17, 15) is 5.11 Å². The molecular weight excluding hydrogens is 188 g/mol. The molecule has 2 nitrogen and oxygen atoms in total. The molecule has 0 saturated carbocycles. The molecular formula is C13H20O2. The number of hydrogen-bond acceptors (Lipinski definition) is 2. The predicted octanol–water partition coefficient (Wildman–Crippen LogP) is 2.79. The molecule has 0 spiro atoms. The van der Waals surface area contributed by atoms with Crippen LogP contribution in [0, 0.1) is 0 Å². The molecule has 2 heteroatoms. The SMILES string of the molecule is CCCCOc1ccccc1C[C@@H](C)O. The van der Waals surface area contributed by atoms with Gasteiger partial charge in [0.05, 0.1) is 12.7 Å². The number of benzene rings is 1. The highest BCUT2D eigenvalue weighted by Gasteiger charge is 2.05. The third-order valence-electron chi connectivity index (χ3n) is 2.24. The Hall–Kier alpha value is -1.02. The van der Waals surface area contributed by atoms with Crippen molar-refractivity contribution in [1.82, 2.24) is 0 Å². The number of aliphatic hydroxyl groups excluding tert-OH is 1. The van der Waals surface area contributed by atoms with Crippen molar-refractivity contribution in [1.29, 1.82) is 0 Å². The molecule has 0 aliphatic carbocycles. The van der Waals surface area contributed by atoms with E-state index in [1.165, 1.54) is 0 Å². The molecule has 0 fully saturated rings. The Morgan fingerprint density at radius 2 is 2.07 bits per heavy atom. The number of unbranched alkanes of at least 4 members (excludes halogenated alkanes) is 1. The van der Waals surface area contributed by atoms with Crippen LogP contribution in [0.2, 0.25) is 0 Å². The van der Waals surface area contributed by atoms with Crippen molar-refractivity contribution < 1.29 is 9.84 Å². The van der Waals surface area contributed by atoms with Crippen LogP contribution in [0.5, 0.6) is 5.75 Å². The van der Waals surface area contributed by atoms with Crippen LogP contribution in [0.15, 0.2) is 24.3 Å². The van der Waals surface area contributed by atoms with Gasteiger partial charge in [-0.05, 0) is 25.0 Å². The van der Waals surface area contributed by atoms with Gasteiger partial charge in [0.15, 0.2) is 0 Å². The minimum Gasteiger partial charge on any atom is -0.493 e. The molecule has 0 amide bonds. The van der Waals surface area contributed by atoms with Gasteiger partial charge in [-0.1, -0.05) is 31.5 Å². The molecule has 0 radical (unpaired) electrons. The van der Waals surface area contributed by atoms with Gasteiger partial charge in [-0.25, -0.2) is 0 Å². The van der Waals surface area contributed by atoms with Crippen LogP contribution in [0.3, 0.4) is 0 Å². The second-order valence-corrected chi connectivity index (χ2v) is 3.86. The van der Waals surface area contributed by atoms with Crippen LogP contribution in [-0.2, 0) is 6.42 Å². The van der Waals surface area contributed by atoms with Gasteiger partial charge in [-0.15, -0.1) is 0 Å². The highest BCUT2D eigenvalue weighted by Crippen LogP contribution is 2.19. The first kappa shape index (κ1) is 12.1. The van der Waals surface area contributed by atoms with E-state index in [0.717, 1.165) is 30.8 Å². The number of aliphatic hydroxyl groups is 1. The Morgan fingerprint density at radius 3 is 2.73 bits per heavy atom. The van der Waals surface area contributed by atoms with Crippen molar-refractivity contribution in [2.45, 2.75) is 39.2 Å². The van der Waals surface area contributed by atoms with Gasteiger partial charge >= 0.3 is 0 Å². The lowest BCUT2D eigenvalue weighted by Gasteiger charge is -2.12. The smallest absolute Gasteiger partial charge is 0.122 e. The van der Waals surface area contributed by atoms with Crippen molar-refractivity contribution in [3.63, 3.8) is 0 Å².